The summed E-state index contributed by atoms with van der Waals surface area (Å²) in [6.07, 6.45) is 0. The van der Waals surface area contributed by atoms with Crippen LogP contribution in [0.3, 0.4) is 0 Å². The molecule has 0 saturated carbocycles. The number of hydrogen-bond acceptors (Lipinski definition) is 3. The van der Waals surface area contributed by atoms with E-state index in [0.717, 1.165) is 22.5 Å². The molecule has 0 saturated heterocycles. The largest absolute Gasteiger partial charge is 0.491 e. The van der Waals surface area contributed by atoms with Gasteiger partial charge in [-0.15, -0.1) is 0 Å². The summed E-state index contributed by atoms with van der Waals surface area (Å²) in [5.74, 6) is 2.09. The van der Waals surface area contributed by atoms with Crippen LogP contribution >= 0.6 is 0 Å². The van der Waals surface area contributed by atoms with Crippen molar-refractivity contribution in [1.29, 1.82) is 0 Å². The highest BCUT2D eigenvalue weighted by Crippen LogP contribution is 2.25. The SMILES string of the molecule is CC(C)c1ccc(Oc2ccc3c(c2)COB3O)cc1. The predicted molar refractivity (Wildman–Crippen MR) is 79.4 cm³/mol. The van der Waals surface area contributed by atoms with E-state index in [9.17, 15) is 5.02 Å². The lowest BCUT2D eigenvalue weighted by atomic mass is 9.80. The summed E-state index contributed by atoms with van der Waals surface area (Å²) in [4.78, 5) is 0. The molecule has 0 radical (unpaired) electrons. The molecule has 2 aromatic carbocycles. The van der Waals surface area contributed by atoms with Gasteiger partial charge in [-0.1, -0.05) is 32.0 Å². The number of benzene rings is 2. The van der Waals surface area contributed by atoms with Crippen LogP contribution in [-0.4, -0.2) is 12.1 Å². The monoisotopic (exact) mass is 268 g/mol. The van der Waals surface area contributed by atoms with E-state index in [0.29, 0.717) is 12.5 Å². The highest BCUT2D eigenvalue weighted by atomic mass is 16.5. The Hall–Kier alpha value is -1.78. The van der Waals surface area contributed by atoms with E-state index < -0.39 is 7.12 Å². The molecule has 1 aliphatic heterocycles. The Balaban J connectivity index is 1.78. The summed E-state index contributed by atoms with van der Waals surface area (Å²) in [5.41, 5.74) is 3.10. The zero-order valence-corrected chi connectivity index (χ0v) is 11.7. The summed E-state index contributed by atoms with van der Waals surface area (Å²) in [5, 5.41) is 9.58. The minimum atomic E-state index is -0.802. The van der Waals surface area contributed by atoms with Gasteiger partial charge in [0.2, 0.25) is 0 Å². The summed E-state index contributed by atoms with van der Waals surface area (Å²) in [7, 11) is -0.802. The maximum Gasteiger partial charge on any atom is 0.491 e. The first-order valence-corrected chi connectivity index (χ1v) is 6.84. The summed E-state index contributed by atoms with van der Waals surface area (Å²) in [6.45, 7) is 4.77. The lowest BCUT2D eigenvalue weighted by Crippen LogP contribution is -2.27. The predicted octanol–water partition coefficient (Wildman–Crippen LogP) is 2.82. The minimum absolute atomic E-state index is 0.431. The first-order valence-electron chi connectivity index (χ1n) is 6.84. The zero-order valence-electron chi connectivity index (χ0n) is 11.7. The number of rotatable bonds is 3. The fourth-order valence-corrected chi connectivity index (χ4v) is 2.33. The average molecular weight is 268 g/mol. The summed E-state index contributed by atoms with van der Waals surface area (Å²) < 4.78 is 11.0. The molecule has 0 amide bonds. The van der Waals surface area contributed by atoms with Crippen LogP contribution in [0.5, 0.6) is 11.5 Å². The molecule has 0 atom stereocenters. The first-order chi connectivity index (χ1) is 9.63. The minimum Gasteiger partial charge on any atom is -0.457 e. The molecule has 102 valence electrons. The molecular weight excluding hydrogens is 251 g/mol. The highest BCUT2D eigenvalue weighted by molar-refractivity contribution is 6.61. The van der Waals surface area contributed by atoms with Crippen LogP contribution in [0.4, 0.5) is 0 Å². The van der Waals surface area contributed by atoms with E-state index in [1.807, 2.05) is 30.3 Å². The van der Waals surface area contributed by atoms with Gasteiger partial charge in [0.1, 0.15) is 11.5 Å². The Kier molecular flexibility index (Phi) is 3.51. The summed E-state index contributed by atoms with van der Waals surface area (Å²) >= 11 is 0. The molecule has 2 aromatic rings. The molecule has 1 N–H and O–H groups in total. The van der Waals surface area contributed by atoms with Gasteiger partial charge >= 0.3 is 7.12 Å². The van der Waals surface area contributed by atoms with Gasteiger partial charge in [-0.2, -0.15) is 0 Å². The van der Waals surface area contributed by atoms with Gasteiger partial charge < -0.3 is 14.4 Å². The third-order valence-corrected chi connectivity index (χ3v) is 3.56. The lowest BCUT2D eigenvalue weighted by Gasteiger charge is -2.09. The fourth-order valence-electron chi connectivity index (χ4n) is 2.33. The van der Waals surface area contributed by atoms with Crippen molar-refractivity contribution in [3.05, 3.63) is 53.6 Å². The van der Waals surface area contributed by atoms with Gasteiger partial charge in [0.25, 0.3) is 0 Å². The average Bonchev–Trinajstić information content (AvgIpc) is 2.81. The van der Waals surface area contributed by atoms with Crippen LogP contribution in [0.1, 0.15) is 30.9 Å². The molecule has 1 aliphatic rings. The molecule has 0 aliphatic carbocycles. The second kappa shape index (κ2) is 5.31. The van der Waals surface area contributed by atoms with Crippen molar-refractivity contribution >= 4 is 12.6 Å². The topological polar surface area (TPSA) is 38.7 Å². The third-order valence-electron chi connectivity index (χ3n) is 3.56. The molecule has 0 unspecified atom stereocenters. The zero-order chi connectivity index (χ0) is 14.1. The standard InChI is InChI=1S/C16H17BO3/c1-11(2)12-3-5-14(6-4-12)20-15-7-8-16-13(9-15)10-19-17(16)18/h3-9,11,18H,10H2,1-2H3. The number of hydrogen-bond donors (Lipinski definition) is 1. The molecule has 1 heterocycles. The first kappa shape index (κ1) is 13.2. The quantitative estimate of drug-likeness (QED) is 0.870. The molecule has 4 heteroatoms. The number of fused-ring (bicyclic) bond motifs is 1. The van der Waals surface area contributed by atoms with Crippen molar-refractivity contribution < 1.29 is 14.4 Å². The van der Waals surface area contributed by atoms with Gasteiger partial charge in [-0.05, 0) is 46.8 Å². The van der Waals surface area contributed by atoms with Crippen LogP contribution in [-0.2, 0) is 11.3 Å². The van der Waals surface area contributed by atoms with Crippen molar-refractivity contribution in [3.8, 4) is 11.5 Å². The maximum atomic E-state index is 9.58. The van der Waals surface area contributed by atoms with Crippen LogP contribution < -0.4 is 10.2 Å². The Morgan fingerprint density at radius 1 is 1.10 bits per heavy atom. The number of ether oxygens (including phenoxy) is 1. The van der Waals surface area contributed by atoms with E-state index in [2.05, 4.69) is 26.0 Å². The molecule has 0 bridgehead atoms. The Morgan fingerprint density at radius 3 is 2.50 bits per heavy atom. The Morgan fingerprint density at radius 2 is 1.80 bits per heavy atom. The van der Waals surface area contributed by atoms with E-state index in [1.54, 1.807) is 0 Å². The van der Waals surface area contributed by atoms with Gasteiger partial charge in [-0.25, -0.2) is 0 Å². The second-order valence-corrected chi connectivity index (χ2v) is 5.35. The van der Waals surface area contributed by atoms with Crippen molar-refractivity contribution in [2.24, 2.45) is 0 Å². The van der Waals surface area contributed by atoms with Gasteiger partial charge in [0.15, 0.2) is 0 Å². The van der Waals surface area contributed by atoms with Gasteiger partial charge in [0, 0.05) is 0 Å². The van der Waals surface area contributed by atoms with Crippen LogP contribution in [0.2, 0.25) is 0 Å². The van der Waals surface area contributed by atoms with Crippen molar-refractivity contribution in [2.45, 2.75) is 26.4 Å². The molecule has 3 nitrogen and oxygen atoms in total. The normalized spacial score (nSPS) is 13.7. The molecule has 3 rings (SSSR count). The molecular formula is C16H17BO3. The lowest BCUT2D eigenvalue weighted by molar-refractivity contribution is 0.275. The smallest absolute Gasteiger partial charge is 0.457 e. The van der Waals surface area contributed by atoms with Crippen LogP contribution in [0, 0.1) is 0 Å². The van der Waals surface area contributed by atoms with E-state index in [-0.39, 0.29) is 0 Å². The van der Waals surface area contributed by atoms with E-state index in [1.165, 1.54) is 5.56 Å². The van der Waals surface area contributed by atoms with E-state index >= 15 is 0 Å². The maximum absolute atomic E-state index is 9.58. The molecule has 20 heavy (non-hydrogen) atoms. The Labute approximate surface area is 119 Å². The van der Waals surface area contributed by atoms with Crippen molar-refractivity contribution in [3.63, 3.8) is 0 Å². The molecule has 0 spiro atoms. The summed E-state index contributed by atoms with van der Waals surface area (Å²) in [6, 6.07) is 13.8. The fraction of sp³-hybridized carbons (Fsp3) is 0.250. The van der Waals surface area contributed by atoms with Crippen LogP contribution in [0.15, 0.2) is 42.5 Å². The molecule has 0 aromatic heterocycles. The second-order valence-electron chi connectivity index (χ2n) is 5.35. The van der Waals surface area contributed by atoms with Crippen molar-refractivity contribution in [1.82, 2.24) is 0 Å². The molecule has 0 fully saturated rings. The van der Waals surface area contributed by atoms with Crippen molar-refractivity contribution in [2.75, 3.05) is 0 Å². The Bertz CT molecular complexity index is 608. The highest BCUT2D eigenvalue weighted by Gasteiger charge is 2.27. The van der Waals surface area contributed by atoms with E-state index in [4.69, 9.17) is 9.39 Å². The third kappa shape index (κ3) is 2.57. The van der Waals surface area contributed by atoms with Crippen LogP contribution in [0.25, 0.3) is 0 Å². The van der Waals surface area contributed by atoms with Gasteiger partial charge in [-0.3, -0.25) is 0 Å². The van der Waals surface area contributed by atoms with Gasteiger partial charge in [0.05, 0.1) is 6.61 Å².